The Balaban J connectivity index is 2.03. The monoisotopic (exact) mass is 256 g/mol. The van der Waals surface area contributed by atoms with Crippen molar-refractivity contribution in [3.63, 3.8) is 0 Å². The third-order valence-corrected chi connectivity index (χ3v) is 3.52. The van der Waals surface area contributed by atoms with Crippen LogP contribution >= 0.6 is 0 Å². The van der Waals surface area contributed by atoms with E-state index in [0.29, 0.717) is 6.04 Å². The molecule has 0 fully saturated rings. The van der Waals surface area contributed by atoms with Gasteiger partial charge >= 0.3 is 0 Å². The second-order valence-corrected chi connectivity index (χ2v) is 5.40. The Hall–Kier alpha value is -1.38. The molecule has 102 valence electrons. The maximum atomic E-state index is 3.62. The fourth-order valence-electron chi connectivity index (χ4n) is 2.45. The number of nitrogens with one attached hydrogen (secondary N) is 1. The molecule has 19 heavy (non-hydrogen) atoms. The zero-order valence-corrected chi connectivity index (χ0v) is 12.2. The lowest BCUT2D eigenvalue weighted by Gasteiger charge is -2.17. The van der Waals surface area contributed by atoms with Gasteiger partial charge in [-0.25, -0.2) is 0 Å². The number of hydrogen-bond acceptors (Lipinski definition) is 2. The van der Waals surface area contributed by atoms with Crippen LogP contribution in [-0.2, 0) is 0 Å². The van der Waals surface area contributed by atoms with Crippen LogP contribution in [0, 0.1) is 0 Å². The summed E-state index contributed by atoms with van der Waals surface area (Å²) in [7, 11) is 4.24. The number of nitrogens with zero attached hydrogens (tertiary/aromatic N) is 1. The molecule has 0 aromatic heterocycles. The van der Waals surface area contributed by atoms with Gasteiger partial charge in [0, 0.05) is 6.04 Å². The molecule has 0 amide bonds. The minimum atomic E-state index is 0.397. The fourth-order valence-corrected chi connectivity index (χ4v) is 2.45. The van der Waals surface area contributed by atoms with Crippen molar-refractivity contribution in [2.24, 2.45) is 0 Å². The van der Waals surface area contributed by atoms with Crippen molar-refractivity contribution < 1.29 is 0 Å². The fraction of sp³-hybridized carbons (Fsp3) is 0.412. The smallest absolute Gasteiger partial charge is 0.0297 e. The van der Waals surface area contributed by atoms with E-state index in [1.54, 1.807) is 0 Å². The first kappa shape index (κ1) is 14.0. The van der Waals surface area contributed by atoms with Crippen molar-refractivity contribution in [3.8, 4) is 0 Å². The molecule has 0 bridgehead atoms. The lowest BCUT2D eigenvalue weighted by Crippen LogP contribution is -2.23. The van der Waals surface area contributed by atoms with Gasteiger partial charge in [-0.05, 0) is 56.9 Å². The molecule has 1 N–H and O–H groups in total. The molecule has 2 heteroatoms. The molecule has 0 saturated carbocycles. The number of benzene rings is 2. The zero-order chi connectivity index (χ0) is 13.7. The van der Waals surface area contributed by atoms with Gasteiger partial charge in [-0.2, -0.15) is 0 Å². The molecule has 2 rings (SSSR count). The Bertz CT molecular complexity index is 514. The van der Waals surface area contributed by atoms with Crippen LogP contribution in [-0.4, -0.2) is 32.1 Å². The summed E-state index contributed by atoms with van der Waals surface area (Å²) < 4.78 is 0. The second kappa shape index (κ2) is 6.69. The van der Waals surface area contributed by atoms with Crippen molar-refractivity contribution in [1.82, 2.24) is 10.2 Å². The molecule has 0 radical (unpaired) electrons. The Morgan fingerprint density at radius 1 is 1.05 bits per heavy atom. The molecule has 2 aromatic carbocycles. The molecule has 0 aliphatic carbocycles. The van der Waals surface area contributed by atoms with E-state index in [0.717, 1.165) is 13.1 Å². The molecule has 0 aliphatic rings. The van der Waals surface area contributed by atoms with Crippen molar-refractivity contribution in [2.45, 2.75) is 19.4 Å². The molecule has 0 saturated heterocycles. The van der Waals surface area contributed by atoms with E-state index in [1.165, 1.54) is 22.8 Å². The van der Waals surface area contributed by atoms with E-state index in [1.807, 2.05) is 0 Å². The highest BCUT2D eigenvalue weighted by Gasteiger charge is 2.07. The van der Waals surface area contributed by atoms with E-state index < -0.39 is 0 Å². The summed E-state index contributed by atoms with van der Waals surface area (Å²) >= 11 is 0. The van der Waals surface area contributed by atoms with Crippen molar-refractivity contribution in [1.29, 1.82) is 0 Å². The van der Waals surface area contributed by atoms with Gasteiger partial charge in [-0.15, -0.1) is 0 Å². The van der Waals surface area contributed by atoms with Crippen LogP contribution in [0.5, 0.6) is 0 Å². The van der Waals surface area contributed by atoms with Gasteiger partial charge in [-0.1, -0.05) is 42.5 Å². The molecular weight excluding hydrogens is 232 g/mol. The minimum Gasteiger partial charge on any atom is -0.310 e. The van der Waals surface area contributed by atoms with Crippen molar-refractivity contribution in [3.05, 3.63) is 48.0 Å². The van der Waals surface area contributed by atoms with E-state index in [9.17, 15) is 0 Å². The van der Waals surface area contributed by atoms with Crippen LogP contribution in [0.4, 0.5) is 0 Å². The number of fused-ring (bicyclic) bond motifs is 1. The molecular formula is C17H24N2. The van der Waals surface area contributed by atoms with Gasteiger partial charge in [0.1, 0.15) is 0 Å². The summed E-state index contributed by atoms with van der Waals surface area (Å²) in [4.78, 5) is 2.23. The van der Waals surface area contributed by atoms with Gasteiger partial charge in [0.25, 0.3) is 0 Å². The minimum absolute atomic E-state index is 0.397. The molecule has 2 nitrogen and oxygen atoms in total. The van der Waals surface area contributed by atoms with E-state index in [2.05, 4.69) is 73.7 Å². The maximum absolute atomic E-state index is 3.62. The van der Waals surface area contributed by atoms with Gasteiger partial charge in [0.05, 0.1) is 0 Å². The van der Waals surface area contributed by atoms with Gasteiger partial charge in [0.15, 0.2) is 0 Å². The van der Waals surface area contributed by atoms with Crippen LogP contribution in [0.2, 0.25) is 0 Å². The van der Waals surface area contributed by atoms with Crippen LogP contribution in [0.15, 0.2) is 42.5 Å². The van der Waals surface area contributed by atoms with Gasteiger partial charge in [-0.3, -0.25) is 0 Å². The SMILES string of the molecule is CC(NCCCN(C)C)c1cccc2ccccc12. The number of rotatable bonds is 6. The molecule has 0 heterocycles. The third-order valence-electron chi connectivity index (χ3n) is 3.52. The zero-order valence-electron chi connectivity index (χ0n) is 12.2. The highest BCUT2D eigenvalue weighted by Crippen LogP contribution is 2.23. The van der Waals surface area contributed by atoms with E-state index in [-0.39, 0.29) is 0 Å². The summed E-state index contributed by atoms with van der Waals surface area (Å²) in [6, 6.07) is 15.6. The summed E-state index contributed by atoms with van der Waals surface area (Å²) in [6.07, 6.45) is 1.18. The van der Waals surface area contributed by atoms with Gasteiger partial charge in [0.2, 0.25) is 0 Å². The van der Waals surface area contributed by atoms with Crippen molar-refractivity contribution in [2.75, 3.05) is 27.2 Å². The lowest BCUT2D eigenvalue weighted by molar-refractivity contribution is 0.389. The molecule has 0 aliphatic heterocycles. The Morgan fingerprint density at radius 2 is 1.79 bits per heavy atom. The molecule has 1 unspecified atom stereocenters. The molecule has 1 atom stereocenters. The van der Waals surface area contributed by atoms with Crippen LogP contribution < -0.4 is 5.32 Å². The third kappa shape index (κ3) is 3.79. The highest BCUT2D eigenvalue weighted by atomic mass is 15.1. The normalized spacial score (nSPS) is 13.1. The topological polar surface area (TPSA) is 15.3 Å². The number of hydrogen-bond donors (Lipinski definition) is 1. The average molecular weight is 256 g/mol. The lowest BCUT2D eigenvalue weighted by atomic mass is 10.00. The molecule has 2 aromatic rings. The Labute approximate surface area is 116 Å². The van der Waals surface area contributed by atoms with Crippen LogP contribution in [0.3, 0.4) is 0 Å². The first-order valence-electron chi connectivity index (χ1n) is 7.04. The quantitative estimate of drug-likeness (QED) is 0.796. The summed E-state index contributed by atoms with van der Waals surface area (Å²) in [5, 5.41) is 6.30. The van der Waals surface area contributed by atoms with Crippen LogP contribution in [0.25, 0.3) is 10.8 Å². The second-order valence-electron chi connectivity index (χ2n) is 5.40. The van der Waals surface area contributed by atoms with Crippen molar-refractivity contribution >= 4 is 10.8 Å². The van der Waals surface area contributed by atoms with Crippen LogP contribution in [0.1, 0.15) is 24.9 Å². The maximum Gasteiger partial charge on any atom is 0.0297 e. The predicted octanol–water partition coefficient (Wildman–Crippen LogP) is 3.44. The van der Waals surface area contributed by atoms with Gasteiger partial charge < -0.3 is 10.2 Å². The average Bonchev–Trinajstić information content (AvgIpc) is 2.42. The van der Waals surface area contributed by atoms with E-state index in [4.69, 9.17) is 0 Å². The first-order chi connectivity index (χ1) is 9.18. The Morgan fingerprint density at radius 3 is 2.58 bits per heavy atom. The summed E-state index contributed by atoms with van der Waals surface area (Å²) in [5.41, 5.74) is 1.39. The molecule has 0 spiro atoms. The summed E-state index contributed by atoms with van der Waals surface area (Å²) in [5.74, 6) is 0. The predicted molar refractivity (Wildman–Crippen MR) is 83.5 cm³/mol. The highest BCUT2D eigenvalue weighted by molar-refractivity contribution is 5.86. The first-order valence-corrected chi connectivity index (χ1v) is 7.04. The largest absolute Gasteiger partial charge is 0.310 e. The van der Waals surface area contributed by atoms with E-state index >= 15 is 0 Å². The standard InChI is InChI=1S/C17H24N2/c1-14(18-12-7-13-19(2)3)16-11-6-9-15-8-4-5-10-17(15)16/h4-6,8-11,14,18H,7,12-13H2,1-3H3. The Kier molecular flexibility index (Phi) is 4.94. The summed E-state index contributed by atoms with van der Waals surface area (Å²) in [6.45, 7) is 4.44.